The molecule has 0 saturated carbocycles. The molecule has 0 aliphatic heterocycles. The average Bonchev–Trinajstić information content (AvgIpc) is 2.69. The third kappa shape index (κ3) is 4.53. The van der Waals surface area contributed by atoms with Crippen LogP contribution < -0.4 is 5.32 Å². The Morgan fingerprint density at radius 1 is 1.00 bits per heavy atom. The van der Waals surface area contributed by atoms with E-state index in [0.717, 1.165) is 0 Å². The summed E-state index contributed by atoms with van der Waals surface area (Å²) in [6, 6.07) is 18.0. The highest BCUT2D eigenvalue weighted by Crippen LogP contribution is 2.29. The molecule has 3 rings (SSSR count). The summed E-state index contributed by atoms with van der Waals surface area (Å²) in [4.78, 5) is 16.5. The number of amides is 1. The molecule has 1 heterocycles. The van der Waals surface area contributed by atoms with Crippen LogP contribution in [-0.4, -0.2) is 25.9 Å². The van der Waals surface area contributed by atoms with Crippen molar-refractivity contribution in [3.8, 4) is 0 Å². The number of aromatic nitrogens is 1. The predicted octanol–water partition coefficient (Wildman–Crippen LogP) is 3.68. The first-order chi connectivity index (χ1) is 13.0. The van der Waals surface area contributed by atoms with E-state index in [0.29, 0.717) is 16.1 Å². The fourth-order valence-corrected chi connectivity index (χ4v) is 4.41. The van der Waals surface area contributed by atoms with Crippen LogP contribution in [0, 0.1) is 0 Å². The maximum absolute atomic E-state index is 13.2. The van der Waals surface area contributed by atoms with Crippen LogP contribution in [0.2, 0.25) is 5.02 Å². The zero-order chi connectivity index (χ0) is 19.3. The van der Waals surface area contributed by atoms with Crippen molar-refractivity contribution in [3.63, 3.8) is 0 Å². The third-order valence-corrected chi connectivity index (χ3v) is 6.43. The van der Waals surface area contributed by atoms with Gasteiger partial charge in [-0.2, -0.15) is 0 Å². The fourth-order valence-electron chi connectivity index (χ4n) is 2.64. The molecule has 7 heteroatoms. The molecule has 138 valence electrons. The van der Waals surface area contributed by atoms with Crippen molar-refractivity contribution < 1.29 is 13.2 Å². The number of nitrogens with zero attached hydrogens (tertiary/aromatic N) is 1. The van der Waals surface area contributed by atoms with Crippen molar-refractivity contribution in [3.05, 3.63) is 95.3 Å². The number of pyridine rings is 1. The topological polar surface area (TPSA) is 76.1 Å². The van der Waals surface area contributed by atoms with Gasteiger partial charge in [-0.15, -0.1) is 0 Å². The Kier molecular flexibility index (Phi) is 5.88. The lowest BCUT2D eigenvalue weighted by molar-refractivity contribution is 0.0953. The summed E-state index contributed by atoms with van der Waals surface area (Å²) in [5, 5.41) is 2.19. The summed E-state index contributed by atoms with van der Waals surface area (Å²) in [5.41, 5.74) is 0.965. The highest BCUT2D eigenvalue weighted by Gasteiger charge is 2.30. The number of hydrogen-bond donors (Lipinski definition) is 1. The minimum absolute atomic E-state index is 0.0790. The summed E-state index contributed by atoms with van der Waals surface area (Å²) in [7, 11) is -3.76. The molecule has 1 atom stereocenters. The van der Waals surface area contributed by atoms with Crippen LogP contribution in [0.1, 0.15) is 21.2 Å². The zero-order valence-electron chi connectivity index (χ0n) is 14.2. The first-order valence-corrected chi connectivity index (χ1v) is 10.1. The molecule has 0 spiro atoms. The van der Waals surface area contributed by atoms with E-state index < -0.39 is 15.1 Å². The van der Waals surface area contributed by atoms with Gasteiger partial charge < -0.3 is 5.32 Å². The maximum atomic E-state index is 13.2. The molecule has 0 aliphatic carbocycles. The number of sulfone groups is 1. The zero-order valence-corrected chi connectivity index (χ0v) is 15.8. The second kappa shape index (κ2) is 8.33. The van der Waals surface area contributed by atoms with Gasteiger partial charge in [0.1, 0.15) is 5.25 Å². The smallest absolute Gasteiger partial charge is 0.251 e. The average molecular weight is 401 g/mol. The summed E-state index contributed by atoms with van der Waals surface area (Å²) in [6.07, 6.45) is 3.06. The first-order valence-electron chi connectivity index (χ1n) is 8.21. The number of rotatable bonds is 6. The molecular weight excluding hydrogens is 384 g/mol. The van der Waals surface area contributed by atoms with Gasteiger partial charge >= 0.3 is 0 Å². The number of nitrogens with one attached hydrogen (secondary N) is 1. The van der Waals surface area contributed by atoms with Gasteiger partial charge in [-0.05, 0) is 48.0 Å². The van der Waals surface area contributed by atoms with Crippen LogP contribution in [-0.2, 0) is 9.84 Å². The van der Waals surface area contributed by atoms with E-state index in [9.17, 15) is 13.2 Å². The molecule has 27 heavy (non-hydrogen) atoms. The highest BCUT2D eigenvalue weighted by atomic mass is 35.5. The van der Waals surface area contributed by atoms with Crippen molar-refractivity contribution in [1.82, 2.24) is 10.3 Å². The normalized spacial score (nSPS) is 12.3. The highest BCUT2D eigenvalue weighted by molar-refractivity contribution is 7.91. The van der Waals surface area contributed by atoms with Crippen molar-refractivity contribution in [2.24, 2.45) is 0 Å². The molecule has 0 radical (unpaired) electrons. The molecule has 0 unspecified atom stereocenters. The van der Waals surface area contributed by atoms with Crippen LogP contribution in [0.25, 0.3) is 0 Å². The molecule has 0 aliphatic rings. The lowest BCUT2D eigenvalue weighted by atomic mass is 10.2. The van der Waals surface area contributed by atoms with Crippen LogP contribution in [0.3, 0.4) is 0 Å². The second-order valence-electron chi connectivity index (χ2n) is 5.85. The van der Waals surface area contributed by atoms with Gasteiger partial charge in [0.05, 0.1) is 4.90 Å². The molecule has 1 amide bonds. The molecule has 0 fully saturated rings. The van der Waals surface area contributed by atoms with E-state index in [1.54, 1.807) is 48.7 Å². The molecular formula is C20H17ClN2O3S. The van der Waals surface area contributed by atoms with Gasteiger partial charge in [0.25, 0.3) is 5.91 Å². The van der Waals surface area contributed by atoms with E-state index in [2.05, 4.69) is 10.3 Å². The van der Waals surface area contributed by atoms with Gasteiger partial charge in [0.15, 0.2) is 9.84 Å². The largest absolute Gasteiger partial charge is 0.350 e. The number of carbonyl (C=O) groups is 1. The minimum Gasteiger partial charge on any atom is -0.350 e. The Labute approximate surface area is 163 Å². The minimum atomic E-state index is -3.76. The van der Waals surface area contributed by atoms with Gasteiger partial charge in [0, 0.05) is 29.5 Å². The summed E-state index contributed by atoms with van der Waals surface area (Å²) in [5.74, 6) is -0.337. The van der Waals surface area contributed by atoms with E-state index in [4.69, 9.17) is 11.6 Å². The van der Waals surface area contributed by atoms with E-state index in [1.165, 1.54) is 30.5 Å². The van der Waals surface area contributed by atoms with Gasteiger partial charge in [-0.25, -0.2) is 8.42 Å². The summed E-state index contributed by atoms with van der Waals surface area (Å²) >= 11 is 5.87. The molecule has 5 nitrogen and oxygen atoms in total. The lowest BCUT2D eigenvalue weighted by Gasteiger charge is -2.19. The second-order valence-corrected chi connectivity index (χ2v) is 8.42. The number of hydrogen-bond acceptors (Lipinski definition) is 4. The monoisotopic (exact) mass is 400 g/mol. The Hall–Kier alpha value is -2.70. The Morgan fingerprint density at radius 2 is 1.70 bits per heavy atom. The van der Waals surface area contributed by atoms with Gasteiger partial charge in [-0.1, -0.05) is 35.9 Å². The third-order valence-electron chi connectivity index (χ3n) is 4.06. The number of benzene rings is 2. The molecule has 1 aromatic heterocycles. The number of halogens is 1. The molecule has 0 bridgehead atoms. The van der Waals surface area contributed by atoms with Gasteiger partial charge in [0.2, 0.25) is 0 Å². The van der Waals surface area contributed by atoms with E-state index in [1.807, 2.05) is 0 Å². The van der Waals surface area contributed by atoms with Crippen molar-refractivity contribution in [2.75, 3.05) is 6.54 Å². The lowest BCUT2D eigenvalue weighted by Crippen LogP contribution is -2.32. The first kappa shape index (κ1) is 19.1. The van der Waals surface area contributed by atoms with Crippen LogP contribution in [0.4, 0.5) is 0 Å². The van der Waals surface area contributed by atoms with Crippen molar-refractivity contribution in [2.45, 2.75) is 10.1 Å². The van der Waals surface area contributed by atoms with E-state index >= 15 is 0 Å². The quantitative estimate of drug-likeness (QED) is 0.684. The summed E-state index contributed by atoms with van der Waals surface area (Å²) < 4.78 is 26.3. The number of carbonyl (C=O) groups excluding carboxylic acids is 1. The predicted molar refractivity (Wildman–Crippen MR) is 104 cm³/mol. The molecule has 3 aromatic rings. The SMILES string of the molecule is O=C(NC[C@H](c1cccnc1)S(=O)(=O)c1ccc(Cl)cc1)c1ccccc1. The van der Waals surface area contributed by atoms with Crippen LogP contribution in [0.5, 0.6) is 0 Å². The van der Waals surface area contributed by atoms with Crippen molar-refractivity contribution >= 4 is 27.3 Å². The summed E-state index contributed by atoms with van der Waals surface area (Å²) in [6.45, 7) is -0.0790. The van der Waals surface area contributed by atoms with E-state index in [-0.39, 0.29) is 17.3 Å². The van der Waals surface area contributed by atoms with Crippen LogP contribution in [0.15, 0.2) is 84.0 Å². The van der Waals surface area contributed by atoms with Gasteiger partial charge in [-0.3, -0.25) is 9.78 Å². The molecule has 1 N–H and O–H groups in total. The standard InChI is InChI=1S/C20H17ClN2O3S/c21-17-8-10-18(11-9-17)27(25,26)19(16-7-4-12-22-13-16)14-23-20(24)15-5-2-1-3-6-15/h1-13,19H,14H2,(H,23,24)/t19-/m1/s1. The van der Waals surface area contributed by atoms with Crippen LogP contribution >= 0.6 is 11.6 Å². The fraction of sp³-hybridized carbons (Fsp3) is 0.100. The maximum Gasteiger partial charge on any atom is 0.251 e. The Bertz CT molecular complexity index is 1010. The molecule has 2 aromatic carbocycles. The molecule has 0 saturated heterocycles. The Morgan fingerprint density at radius 3 is 2.33 bits per heavy atom. The van der Waals surface area contributed by atoms with Crippen molar-refractivity contribution in [1.29, 1.82) is 0 Å². The Balaban J connectivity index is 1.90.